The highest BCUT2D eigenvalue weighted by Gasteiger charge is 2.21. The van der Waals surface area contributed by atoms with Gasteiger partial charge in [0.1, 0.15) is 5.03 Å². The van der Waals surface area contributed by atoms with E-state index in [1.165, 1.54) is 11.8 Å². The fourth-order valence-corrected chi connectivity index (χ4v) is 4.03. The van der Waals surface area contributed by atoms with Crippen LogP contribution in [0.2, 0.25) is 10.0 Å². The van der Waals surface area contributed by atoms with Crippen molar-refractivity contribution < 1.29 is 9.00 Å². The van der Waals surface area contributed by atoms with Gasteiger partial charge in [-0.3, -0.25) is 4.79 Å². The summed E-state index contributed by atoms with van der Waals surface area (Å²) in [6.07, 6.45) is 2.39. The molecule has 1 unspecified atom stereocenters. The number of pyridine rings is 1. The molecular weight excluding hydrogens is 399 g/mol. The number of carbonyl (C=O) groups is 1. The second kappa shape index (κ2) is 8.64. The van der Waals surface area contributed by atoms with Gasteiger partial charge in [0.25, 0.3) is 0 Å². The van der Waals surface area contributed by atoms with E-state index in [9.17, 15) is 9.00 Å². The van der Waals surface area contributed by atoms with Crippen molar-refractivity contribution in [1.82, 2.24) is 9.71 Å². The normalized spacial score (nSPS) is 12.8. The van der Waals surface area contributed by atoms with Gasteiger partial charge in [-0.25, -0.2) is 13.9 Å². The van der Waals surface area contributed by atoms with Crippen molar-refractivity contribution >= 4 is 52.2 Å². The molecule has 1 aromatic heterocycles. The average molecular weight is 417 g/mol. The summed E-state index contributed by atoms with van der Waals surface area (Å²) in [5, 5.41) is 1.39. The van der Waals surface area contributed by atoms with Crippen LogP contribution in [0.5, 0.6) is 0 Å². The Labute approximate surface area is 164 Å². The number of aldehydes is 1. The highest BCUT2D eigenvalue weighted by Crippen LogP contribution is 2.37. The first-order chi connectivity index (χ1) is 11.7. The Morgan fingerprint density at radius 2 is 2.00 bits per heavy atom. The number of hydrogen-bond donors (Lipinski definition) is 1. The Balaban J connectivity index is 2.34. The number of carbonyl (C=O) groups excluding carboxylic acids is 1. The molecule has 0 spiro atoms. The molecule has 1 atom stereocenters. The third-order valence-electron chi connectivity index (χ3n) is 3.22. The minimum atomic E-state index is -1.25. The first kappa shape index (κ1) is 20.4. The Kier molecular flexibility index (Phi) is 7.05. The van der Waals surface area contributed by atoms with Gasteiger partial charge >= 0.3 is 0 Å². The Hall–Kier alpha value is -0.920. The van der Waals surface area contributed by atoms with Crippen LogP contribution in [0.25, 0.3) is 0 Å². The largest absolute Gasteiger partial charge is 0.298 e. The lowest BCUT2D eigenvalue weighted by atomic mass is 10.2. The number of hydrogen-bond acceptors (Lipinski definition) is 4. The summed E-state index contributed by atoms with van der Waals surface area (Å²) in [6, 6.07) is 6.92. The summed E-state index contributed by atoms with van der Waals surface area (Å²) < 4.78 is 14.9. The molecule has 0 aliphatic heterocycles. The van der Waals surface area contributed by atoms with Crippen LogP contribution < -0.4 is 4.72 Å². The van der Waals surface area contributed by atoms with Crippen LogP contribution in [0.1, 0.15) is 36.7 Å². The molecule has 1 heterocycles. The lowest BCUT2D eigenvalue weighted by Crippen LogP contribution is -2.33. The lowest BCUT2D eigenvalue weighted by Gasteiger charge is -2.19. The maximum atomic E-state index is 12.3. The predicted molar refractivity (Wildman–Crippen MR) is 105 cm³/mol. The van der Waals surface area contributed by atoms with Gasteiger partial charge in [0.2, 0.25) is 0 Å². The first-order valence-electron chi connectivity index (χ1n) is 7.44. The number of aromatic nitrogens is 1. The fourth-order valence-electron chi connectivity index (χ4n) is 1.87. The van der Waals surface area contributed by atoms with E-state index in [1.54, 1.807) is 24.4 Å². The molecule has 1 N–H and O–H groups in total. The van der Waals surface area contributed by atoms with E-state index in [0.29, 0.717) is 20.6 Å². The number of nitrogens with zero attached hydrogens (tertiary/aromatic N) is 1. The second-order valence-corrected chi connectivity index (χ2v) is 10.0. The summed E-state index contributed by atoms with van der Waals surface area (Å²) in [7, 11) is -1.25. The van der Waals surface area contributed by atoms with Crippen LogP contribution in [0, 0.1) is 0 Å². The van der Waals surface area contributed by atoms with Gasteiger partial charge in [-0.15, -0.1) is 0 Å². The van der Waals surface area contributed by atoms with Crippen LogP contribution in [-0.4, -0.2) is 20.2 Å². The van der Waals surface area contributed by atoms with E-state index < -0.39 is 15.7 Å². The summed E-state index contributed by atoms with van der Waals surface area (Å²) in [5.74, 6) is 0. The molecule has 4 nitrogen and oxygen atoms in total. The molecule has 0 amide bonds. The molecule has 0 radical (unpaired) electrons. The monoisotopic (exact) mass is 416 g/mol. The molecule has 0 saturated carbocycles. The third-order valence-corrected chi connectivity index (χ3v) is 6.72. The molecule has 0 bridgehead atoms. The molecule has 0 saturated heterocycles. The van der Waals surface area contributed by atoms with Gasteiger partial charge in [-0.1, -0.05) is 35.0 Å². The van der Waals surface area contributed by atoms with Crippen molar-refractivity contribution in [2.75, 3.05) is 0 Å². The highest BCUT2D eigenvalue weighted by molar-refractivity contribution is 7.99. The smallest absolute Gasteiger partial charge is 0.152 e. The molecule has 0 aliphatic carbocycles. The van der Waals surface area contributed by atoms with E-state index in [4.69, 9.17) is 23.2 Å². The predicted octanol–water partition coefficient (Wildman–Crippen LogP) is 4.90. The molecule has 8 heteroatoms. The Bertz CT molecular complexity index is 808. The van der Waals surface area contributed by atoms with E-state index in [0.717, 1.165) is 16.7 Å². The van der Waals surface area contributed by atoms with Crippen LogP contribution in [0.4, 0.5) is 0 Å². The summed E-state index contributed by atoms with van der Waals surface area (Å²) in [6.45, 7) is 5.94. The van der Waals surface area contributed by atoms with Crippen LogP contribution in [0.3, 0.4) is 0 Å². The minimum absolute atomic E-state index is 0.287. The van der Waals surface area contributed by atoms with Crippen molar-refractivity contribution in [2.24, 2.45) is 0 Å². The first-order valence-corrected chi connectivity index (χ1v) is 10.2. The molecule has 134 valence electrons. The quantitative estimate of drug-likeness (QED) is 0.679. The second-order valence-electron chi connectivity index (χ2n) is 6.16. The van der Waals surface area contributed by atoms with Gasteiger partial charge in [0, 0.05) is 28.8 Å². The maximum Gasteiger partial charge on any atom is 0.152 e. The van der Waals surface area contributed by atoms with Crippen LogP contribution in [-0.2, 0) is 17.5 Å². The molecule has 0 fully saturated rings. The van der Waals surface area contributed by atoms with E-state index >= 15 is 0 Å². The van der Waals surface area contributed by atoms with Gasteiger partial charge < -0.3 is 0 Å². The molecule has 2 aromatic rings. The zero-order valence-corrected chi connectivity index (χ0v) is 17.2. The third kappa shape index (κ3) is 5.28. The topological polar surface area (TPSA) is 59.1 Å². The van der Waals surface area contributed by atoms with Gasteiger partial charge in [-0.2, -0.15) is 0 Å². The Morgan fingerprint density at radius 1 is 1.28 bits per heavy atom. The van der Waals surface area contributed by atoms with Crippen LogP contribution in [0.15, 0.2) is 40.4 Å². The van der Waals surface area contributed by atoms with Gasteiger partial charge in [-0.05, 0) is 45.0 Å². The zero-order valence-electron chi connectivity index (χ0n) is 14.0. The highest BCUT2D eigenvalue weighted by atomic mass is 35.5. The van der Waals surface area contributed by atoms with Crippen molar-refractivity contribution in [3.63, 3.8) is 0 Å². The summed E-state index contributed by atoms with van der Waals surface area (Å²) >= 11 is 13.8. The summed E-state index contributed by atoms with van der Waals surface area (Å²) in [4.78, 5) is 16.2. The van der Waals surface area contributed by atoms with Gasteiger partial charge in [0.15, 0.2) is 6.29 Å². The van der Waals surface area contributed by atoms with Crippen molar-refractivity contribution in [2.45, 2.75) is 42.0 Å². The fraction of sp³-hybridized carbons (Fsp3) is 0.294. The number of benzene rings is 1. The standard InChI is InChI=1S/C17H18Cl2N2O2S2/c1-17(2,3)25(23)21-9-12-14(7-6-13(18)15(12)19)24-16-11(10-22)5-4-8-20-16/h4-8,10,21H,9H2,1-3H3. The number of nitrogens with one attached hydrogen (secondary N) is 1. The van der Waals surface area contributed by atoms with Crippen molar-refractivity contribution in [1.29, 1.82) is 0 Å². The SMILES string of the molecule is CC(C)(C)S(=O)NCc1c(Sc2ncccc2C=O)ccc(Cl)c1Cl. The molecule has 25 heavy (non-hydrogen) atoms. The molecule has 2 rings (SSSR count). The molecule has 1 aromatic carbocycles. The lowest BCUT2D eigenvalue weighted by molar-refractivity contribution is 0.112. The van der Waals surface area contributed by atoms with Crippen molar-refractivity contribution in [3.05, 3.63) is 51.6 Å². The molecule has 0 aliphatic rings. The average Bonchev–Trinajstić information content (AvgIpc) is 2.57. The van der Waals surface area contributed by atoms with Crippen molar-refractivity contribution in [3.8, 4) is 0 Å². The minimum Gasteiger partial charge on any atom is -0.298 e. The maximum absolute atomic E-state index is 12.3. The zero-order chi connectivity index (χ0) is 18.6. The number of halogens is 2. The van der Waals surface area contributed by atoms with Gasteiger partial charge in [0.05, 0.1) is 25.8 Å². The number of rotatable bonds is 6. The van der Waals surface area contributed by atoms with E-state index in [2.05, 4.69) is 9.71 Å². The van der Waals surface area contributed by atoms with E-state index in [-0.39, 0.29) is 6.54 Å². The molecular formula is C17H18Cl2N2O2S2. The Morgan fingerprint density at radius 3 is 2.64 bits per heavy atom. The summed E-state index contributed by atoms with van der Waals surface area (Å²) in [5.41, 5.74) is 1.22. The van der Waals surface area contributed by atoms with E-state index in [1.807, 2.05) is 26.8 Å². The van der Waals surface area contributed by atoms with Crippen LogP contribution >= 0.6 is 35.0 Å².